The lowest BCUT2D eigenvalue weighted by Gasteiger charge is -2.21. The van der Waals surface area contributed by atoms with Crippen LogP contribution in [0.5, 0.6) is 0 Å². The van der Waals surface area contributed by atoms with Crippen molar-refractivity contribution in [1.29, 1.82) is 0 Å². The molecule has 0 radical (unpaired) electrons. The minimum atomic E-state index is 0.164. The maximum atomic E-state index is 8.99. The third kappa shape index (κ3) is 13.9. The average molecular weight is 277 g/mol. The predicted molar refractivity (Wildman–Crippen MR) is 78.3 cm³/mol. The number of nitrogens with one attached hydrogen (secondary N) is 3. The quantitative estimate of drug-likeness (QED) is 0.177. The molecule has 7 heteroatoms. The van der Waals surface area contributed by atoms with E-state index in [1.54, 1.807) is 0 Å². The molecule has 0 atom stereocenters. The number of rotatable bonds is 15. The van der Waals surface area contributed by atoms with E-state index in [2.05, 4.69) is 20.9 Å². The molecule has 0 aromatic rings. The van der Waals surface area contributed by atoms with Crippen LogP contribution in [0.1, 0.15) is 0 Å². The third-order valence-corrected chi connectivity index (χ3v) is 2.71. The second kappa shape index (κ2) is 15.8. The molecule has 0 amide bonds. The van der Waals surface area contributed by atoms with Gasteiger partial charge < -0.3 is 31.9 Å². The van der Waals surface area contributed by atoms with E-state index in [4.69, 9.17) is 15.9 Å². The molecule has 0 aromatic carbocycles. The Hall–Kier alpha value is -0.280. The minimum absolute atomic E-state index is 0.164. The molecule has 0 bridgehead atoms. The van der Waals surface area contributed by atoms with Gasteiger partial charge in [0.2, 0.25) is 0 Å². The maximum Gasteiger partial charge on any atom is 0.0558 e. The molecule has 7 nitrogen and oxygen atoms in total. The van der Waals surface area contributed by atoms with Gasteiger partial charge in [-0.25, -0.2) is 0 Å². The third-order valence-electron chi connectivity index (χ3n) is 2.71. The molecule has 0 rings (SSSR count). The van der Waals surface area contributed by atoms with Gasteiger partial charge in [-0.15, -0.1) is 0 Å². The summed E-state index contributed by atoms with van der Waals surface area (Å²) in [6.45, 7) is 8.57. The van der Waals surface area contributed by atoms with Crippen molar-refractivity contribution in [2.24, 2.45) is 5.73 Å². The summed E-state index contributed by atoms with van der Waals surface area (Å²) in [5, 5.41) is 27.4. The van der Waals surface area contributed by atoms with Crippen LogP contribution in [0.15, 0.2) is 0 Å². The lowest BCUT2D eigenvalue weighted by Crippen LogP contribution is -2.40. The van der Waals surface area contributed by atoms with Crippen LogP contribution in [0, 0.1) is 0 Å². The molecule has 0 fully saturated rings. The first-order valence-corrected chi connectivity index (χ1v) is 7.11. The normalized spacial score (nSPS) is 11.4. The van der Waals surface area contributed by atoms with Gasteiger partial charge in [0.15, 0.2) is 0 Å². The van der Waals surface area contributed by atoms with Crippen LogP contribution >= 0.6 is 0 Å². The summed E-state index contributed by atoms with van der Waals surface area (Å²) in [7, 11) is 0. The van der Waals surface area contributed by atoms with Gasteiger partial charge >= 0.3 is 0 Å². The SMILES string of the molecule is NCCNCCNCCN(CCO)CCNCCO. The molecule has 0 aliphatic rings. The Morgan fingerprint density at radius 3 is 1.79 bits per heavy atom. The lowest BCUT2D eigenvalue weighted by atomic mass is 10.4. The largest absolute Gasteiger partial charge is 0.395 e. The van der Waals surface area contributed by atoms with Crippen molar-refractivity contribution in [1.82, 2.24) is 20.9 Å². The predicted octanol–water partition coefficient (Wildman–Crippen LogP) is -3.00. The first kappa shape index (κ1) is 18.7. The van der Waals surface area contributed by atoms with Gasteiger partial charge in [0.05, 0.1) is 13.2 Å². The van der Waals surface area contributed by atoms with Gasteiger partial charge in [-0.2, -0.15) is 0 Å². The minimum Gasteiger partial charge on any atom is -0.395 e. The molecule has 116 valence electrons. The molecule has 0 spiro atoms. The highest BCUT2D eigenvalue weighted by molar-refractivity contribution is 4.62. The number of nitrogens with two attached hydrogens (primary N) is 1. The Bertz CT molecular complexity index is 174. The molecule has 0 saturated heterocycles. The summed E-state index contributed by atoms with van der Waals surface area (Å²) < 4.78 is 0. The van der Waals surface area contributed by atoms with Crippen LogP contribution in [-0.2, 0) is 0 Å². The zero-order valence-electron chi connectivity index (χ0n) is 11.9. The van der Waals surface area contributed by atoms with Crippen LogP contribution in [0.25, 0.3) is 0 Å². The first-order chi connectivity index (χ1) is 9.35. The van der Waals surface area contributed by atoms with Gasteiger partial charge in [-0.1, -0.05) is 0 Å². The standard InChI is InChI=1S/C12H31N5O2/c13-1-2-14-3-4-15-5-8-17(10-12-19)9-6-16-7-11-18/h14-16,18-19H,1-13H2. The summed E-state index contributed by atoms with van der Waals surface area (Å²) in [5.74, 6) is 0. The molecular formula is C12H31N5O2. The average Bonchev–Trinajstić information content (AvgIpc) is 2.42. The number of nitrogens with zero attached hydrogens (tertiary/aromatic N) is 1. The molecule has 0 aromatic heterocycles. The van der Waals surface area contributed by atoms with Crippen LogP contribution in [0.4, 0.5) is 0 Å². The van der Waals surface area contributed by atoms with E-state index in [0.717, 1.165) is 45.8 Å². The molecule has 0 aliphatic carbocycles. The van der Waals surface area contributed by atoms with E-state index >= 15 is 0 Å². The topological polar surface area (TPSA) is 106 Å². The summed E-state index contributed by atoms with van der Waals surface area (Å²) >= 11 is 0. The Morgan fingerprint density at radius 2 is 1.26 bits per heavy atom. The zero-order chi connectivity index (χ0) is 14.2. The van der Waals surface area contributed by atoms with Crippen molar-refractivity contribution in [3.63, 3.8) is 0 Å². The molecule has 7 N–H and O–H groups in total. The summed E-state index contributed by atoms with van der Waals surface area (Å²) in [5.41, 5.74) is 5.38. The zero-order valence-corrected chi connectivity index (χ0v) is 11.9. The number of aliphatic hydroxyl groups is 2. The van der Waals surface area contributed by atoms with Crippen LogP contribution in [0.3, 0.4) is 0 Å². The smallest absolute Gasteiger partial charge is 0.0558 e. The van der Waals surface area contributed by atoms with E-state index in [-0.39, 0.29) is 13.2 Å². The fourth-order valence-electron chi connectivity index (χ4n) is 1.68. The Labute approximate surface area is 116 Å². The van der Waals surface area contributed by atoms with E-state index in [9.17, 15) is 0 Å². The molecule has 0 aliphatic heterocycles. The van der Waals surface area contributed by atoms with E-state index in [1.165, 1.54) is 0 Å². The van der Waals surface area contributed by atoms with Crippen molar-refractivity contribution in [2.75, 3.05) is 78.7 Å². The van der Waals surface area contributed by atoms with E-state index in [1.807, 2.05) is 0 Å². The van der Waals surface area contributed by atoms with Crippen LogP contribution < -0.4 is 21.7 Å². The van der Waals surface area contributed by atoms with Crippen molar-refractivity contribution in [3.05, 3.63) is 0 Å². The van der Waals surface area contributed by atoms with Crippen molar-refractivity contribution >= 4 is 0 Å². The summed E-state index contributed by atoms with van der Waals surface area (Å²) in [6, 6.07) is 0. The molecule has 0 heterocycles. The number of hydrogen-bond acceptors (Lipinski definition) is 7. The Balaban J connectivity index is 3.42. The van der Waals surface area contributed by atoms with Crippen LogP contribution in [-0.4, -0.2) is 93.8 Å². The Kier molecular flexibility index (Phi) is 15.5. The highest BCUT2D eigenvalue weighted by Crippen LogP contribution is 1.85. The van der Waals surface area contributed by atoms with Crippen molar-refractivity contribution in [2.45, 2.75) is 0 Å². The van der Waals surface area contributed by atoms with Gasteiger partial charge in [0.1, 0.15) is 0 Å². The second-order valence-corrected chi connectivity index (χ2v) is 4.33. The lowest BCUT2D eigenvalue weighted by molar-refractivity contribution is 0.195. The van der Waals surface area contributed by atoms with Gasteiger partial charge in [0.25, 0.3) is 0 Å². The number of hydrogen-bond donors (Lipinski definition) is 6. The summed E-state index contributed by atoms with van der Waals surface area (Å²) in [6.07, 6.45) is 0. The van der Waals surface area contributed by atoms with Gasteiger partial charge in [-0.3, -0.25) is 4.90 Å². The van der Waals surface area contributed by atoms with E-state index < -0.39 is 0 Å². The number of aliphatic hydroxyl groups excluding tert-OH is 2. The summed E-state index contributed by atoms with van der Waals surface area (Å²) in [4.78, 5) is 2.20. The monoisotopic (exact) mass is 277 g/mol. The molecule has 0 unspecified atom stereocenters. The van der Waals surface area contributed by atoms with Crippen LogP contribution in [0.2, 0.25) is 0 Å². The van der Waals surface area contributed by atoms with E-state index in [0.29, 0.717) is 19.6 Å². The second-order valence-electron chi connectivity index (χ2n) is 4.33. The highest BCUT2D eigenvalue weighted by atomic mass is 16.3. The molecule has 0 saturated carbocycles. The molecule has 19 heavy (non-hydrogen) atoms. The van der Waals surface area contributed by atoms with Crippen molar-refractivity contribution in [3.8, 4) is 0 Å². The van der Waals surface area contributed by atoms with Gasteiger partial charge in [-0.05, 0) is 0 Å². The first-order valence-electron chi connectivity index (χ1n) is 7.11. The molecular weight excluding hydrogens is 246 g/mol. The van der Waals surface area contributed by atoms with Crippen molar-refractivity contribution < 1.29 is 10.2 Å². The highest BCUT2D eigenvalue weighted by Gasteiger charge is 2.02. The fraction of sp³-hybridized carbons (Fsp3) is 1.00. The Morgan fingerprint density at radius 1 is 0.684 bits per heavy atom. The fourth-order valence-corrected chi connectivity index (χ4v) is 1.68. The maximum absolute atomic E-state index is 8.99. The van der Waals surface area contributed by atoms with Gasteiger partial charge in [0, 0.05) is 65.4 Å².